The molecule has 3 aromatic carbocycles. The van der Waals surface area contributed by atoms with Gasteiger partial charge in [-0.15, -0.1) is 5.10 Å². The second-order valence-electron chi connectivity index (χ2n) is 8.77. The van der Waals surface area contributed by atoms with Crippen molar-refractivity contribution >= 4 is 46.7 Å². The van der Waals surface area contributed by atoms with E-state index in [9.17, 15) is 5.11 Å². The van der Waals surface area contributed by atoms with Gasteiger partial charge in [0.25, 0.3) is 0 Å². The van der Waals surface area contributed by atoms with Crippen molar-refractivity contribution in [3.8, 4) is 5.75 Å². The van der Waals surface area contributed by atoms with Gasteiger partial charge in [0.05, 0.1) is 11.9 Å². The van der Waals surface area contributed by atoms with Crippen molar-refractivity contribution < 1.29 is 5.11 Å². The summed E-state index contributed by atoms with van der Waals surface area (Å²) in [4.78, 5) is 10.7. The Morgan fingerprint density at radius 1 is 1.06 bits per heavy atom. The predicted molar refractivity (Wildman–Crippen MR) is 153 cm³/mol. The smallest absolute Gasteiger partial charge is 0.190 e. The first kappa shape index (κ1) is 25.2. The van der Waals surface area contributed by atoms with E-state index in [4.69, 9.17) is 5.73 Å². The molecule has 7 nitrogen and oxygen atoms in total. The van der Waals surface area contributed by atoms with E-state index in [-0.39, 0.29) is 5.75 Å². The van der Waals surface area contributed by atoms with Gasteiger partial charge < -0.3 is 15.7 Å². The van der Waals surface area contributed by atoms with Crippen LogP contribution in [0, 0.1) is 0 Å². The van der Waals surface area contributed by atoms with Crippen molar-refractivity contribution in [2.45, 2.75) is 32.7 Å². The van der Waals surface area contributed by atoms with Crippen molar-refractivity contribution in [2.24, 2.45) is 25.9 Å². The maximum absolute atomic E-state index is 9.33. The minimum Gasteiger partial charge on any atom is -0.508 e. The maximum Gasteiger partial charge on any atom is 0.190 e. The number of anilines is 1. The Bertz CT molecular complexity index is 1300. The first-order valence-corrected chi connectivity index (χ1v) is 12.8. The lowest BCUT2D eigenvalue weighted by atomic mass is 10.00. The highest BCUT2D eigenvalue weighted by atomic mass is 32.2. The van der Waals surface area contributed by atoms with Gasteiger partial charge in [-0.1, -0.05) is 68.1 Å². The molecule has 1 aliphatic rings. The summed E-state index contributed by atoms with van der Waals surface area (Å²) in [7, 11) is 0. The van der Waals surface area contributed by atoms with Crippen molar-refractivity contribution in [3.63, 3.8) is 0 Å². The van der Waals surface area contributed by atoms with Crippen molar-refractivity contribution in [1.29, 1.82) is 0 Å². The number of nitrogens with zero attached hydrogens (tertiary/aromatic N) is 5. The van der Waals surface area contributed by atoms with Crippen LogP contribution in [-0.2, 0) is 0 Å². The molecular weight excluding hydrogens is 468 g/mol. The molecule has 3 aromatic rings. The summed E-state index contributed by atoms with van der Waals surface area (Å²) in [5.41, 5.74) is 11.0. The van der Waals surface area contributed by atoms with Crippen molar-refractivity contribution in [1.82, 2.24) is 0 Å². The normalized spacial score (nSPS) is 17.8. The van der Waals surface area contributed by atoms with Crippen LogP contribution in [0.3, 0.4) is 0 Å². The highest BCUT2D eigenvalue weighted by Gasteiger charge is 2.30. The number of benzene rings is 3. The monoisotopic (exact) mass is 498 g/mol. The zero-order valence-electron chi connectivity index (χ0n) is 20.6. The zero-order valence-corrected chi connectivity index (χ0v) is 21.4. The van der Waals surface area contributed by atoms with Crippen molar-refractivity contribution in [3.05, 3.63) is 89.5 Å². The van der Waals surface area contributed by atoms with Gasteiger partial charge in [-0.2, -0.15) is 5.10 Å². The Balaban J connectivity index is 1.44. The van der Waals surface area contributed by atoms with Crippen LogP contribution in [0.15, 0.2) is 93.0 Å². The van der Waals surface area contributed by atoms with Crippen LogP contribution in [-0.4, -0.2) is 40.5 Å². The number of hydrogen-bond acceptors (Lipinski definition) is 5. The van der Waals surface area contributed by atoms with Gasteiger partial charge in [0.1, 0.15) is 17.9 Å². The molecule has 0 aliphatic carbocycles. The number of rotatable bonds is 7. The second kappa shape index (κ2) is 11.7. The highest BCUT2D eigenvalue weighted by molar-refractivity contribution is 8.14. The molecule has 0 spiro atoms. The molecule has 3 N–H and O–H groups in total. The summed E-state index contributed by atoms with van der Waals surface area (Å²) in [5.74, 6) is 1.95. The lowest BCUT2D eigenvalue weighted by Crippen LogP contribution is -2.32. The van der Waals surface area contributed by atoms with Gasteiger partial charge in [-0.3, -0.25) is 0 Å². The first-order valence-electron chi connectivity index (χ1n) is 11.8. The summed E-state index contributed by atoms with van der Waals surface area (Å²) < 4.78 is 0. The minimum atomic E-state index is 0.192. The summed E-state index contributed by atoms with van der Waals surface area (Å²) in [6, 6.07) is 23.0. The number of phenols is 1. The van der Waals surface area contributed by atoms with Crippen LogP contribution < -0.4 is 10.6 Å². The molecule has 184 valence electrons. The summed E-state index contributed by atoms with van der Waals surface area (Å²) in [6.07, 6.45) is 3.14. The first-order chi connectivity index (χ1) is 17.4. The number of phenolic OH excluding ortho intramolecular Hbond substituents is 1. The molecule has 36 heavy (non-hydrogen) atoms. The Morgan fingerprint density at radius 2 is 1.78 bits per heavy atom. The number of hydrogen-bond donors (Lipinski definition) is 2. The molecule has 8 heteroatoms. The van der Waals surface area contributed by atoms with Crippen LogP contribution in [0.2, 0.25) is 0 Å². The average Bonchev–Trinajstić information content (AvgIpc) is 3.25. The molecule has 1 unspecified atom stereocenters. The molecule has 1 heterocycles. The maximum atomic E-state index is 9.33. The third-order valence-corrected chi connectivity index (χ3v) is 6.91. The molecule has 4 rings (SSSR count). The minimum absolute atomic E-state index is 0.192. The number of aliphatic imine (C=N–C) groups is 2. The number of para-hydroxylation sites is 1. The van der Waals surface area contributed by atoms with E-state index < -0.39 is 0 Å². The van der Waals surface area contributed by atoms with E-state index in [2.05, 4.69) is 70.1 Å². The molecule has 1 aliphatic heterocycles. The number of aromatic hydroxyl groups is 1. The topological polar surface area (TPSA) is 98.9 Å². The largest absolute Gasteiger partial charge is 0.508 e. The van der Waals surface area contributed by atoms with Gasteiger partial charge in [-0.25, -0.2) is 9.98 Å². The number of amidine groups is 2. The quantitative estimate of drug-likeness (QED) is 0.240. The summed E-state index contributed by atoms with van der Waals surface area (Å²) >= 11 is 1.73. The summed E-state index contributed by atoms with van der Waals surface area (Å²) in [6.45, 7) is 6.65. The summed E-state index contributed by atoms with van der Waals surface area (Å²) in [5, 5.41) is 19.2. The predicted octanol–water partition coefficient (Wildman–Crippen LogP) is 5.91. The van der Waals surface area contributed by atoms with E-state index in [1.54, 1.807) is 42.2 Å². The van der Waals surface area contributed by atoms with Crippen LogP contribution in [0.25, 0.3) is 0 Å². The van der Waals surface area contributed by atoms with E-state index >= 15 is 0 Å². The fourth-order valence-corrected chi connectivity index (χ4v) is 4.86. The Labute approximate surface area is 216 Å². The number of thioether (sulfide) groups is 1. The SMILES string of the molecule is CC(C)c1ccccc1N1/C(=N/N=C/c2ccc(C(N)=NC=Nc3ccc(O)cc3)cc2)SCC1C. The Kier molecular flexibility index (Phi) is 8.17. The molecule has 0 amide bonds. The molecule has 1 saturated heterocycles. The highest BCUT2D eigenvalue weighted by Crippen LogP contribution is 2.35. The van der Waals surface area contributed by atoms with Gasteiger partial charge in [0.15, 0.2) is 5.17 Å². The van der Waals surface area contributed by atoms with Crippen LogP contribution in [0.4, 0.5) is 11.4 Å². The van der Waals surface area contributed by atoms with Gasteiger partial charge in [0.2, 0.25) is 0 Å². The molecule has 1 fully saturated rings. The standard InChI is InChI=1S/C28H30N6OS/c1-19(2)25-6-4-5-7-26(25)34-20(3)17-36-28(34)33-32-16-21-8-10-22(11-9-21)27(29)31-18-30-23-12-14-24(35)15-13-23/h4-16,18-20,35H,17H2,1-3H3,(H2,29,30,31)/b32-16+,33-28-. The second-order valence-corrected chi connectivity index (χ2v) is 9.76. The fraction of sp³-hybridized carbons (Fsp3) is 0.214. The third kappa shape index (κ3) is 6.20. The third-order valence-electron chi connectivity index (χ3n) is 5.73. The van der Waals surface area contributed by atoms with E-state index in [1.807, 2.05) is 24.3 Å². The van der Waals surface area contributed by atoms with Gasteiger partial charge >= 0.3 is 0 Å². The van der Waals surface area contributed by atoms with Gasteiger partial charge in [-0.05, 0) is 54.3 Å². The fourth-order valence-electron chi connectivity index (χ4n) is 3.80. The molecule has 0 aromatic heterocycles. The molecule has 0 saturated carbocycles. The van der Waals surface area contributed by atoms with Crippen LogP contribution >= 0.6 is 11.8 Å². The van der Waals surface area contributed by atoms with E-state index in [1.165, 1.54) is 17.6 Å². The van der Waals surface area contributed by atoms with Crippen LogP contribution in [0.1, 0.15) is 43.4 Å². The molecule has 1 atom stereocenters. The zero-order chi connectivity index (χ0) is 25.5. The Hall–Kier alpha value is -3.91. The van der Waals surface area contributed by atoms with E-state index in [0.717, 1.165) is 22.0 Å². The molecular formula is C28H30N6OS. The lowest BCUT2D eigenvalue weighted by Gasteiger charge is -2.26. The lowest BCUT2D eigenvalue weighted by molar-refractivity contribution is 0.475. The van der Waals surface area contributed by atoms with Gasteiger partial charge in [0, 0.05) is 23.0 Å². The molecule has 0 radical (unpaired) electrons. The average molecular weight is 499 g/mol. The van der Waals surface area contributed by atoms with Crippen LogP contribution in [0.5, 0.6) is 5.75 Å². The van der Waals surface area contributed by atoms with Crippen molar-refractivity contribution in [2.75, 3.05) is 10.7 Å². The van der Waals surface area contributed by atoms with E-state index in [0.29, 0.717) is 23.5 Å². The Morgan fingerprint density at radius 3 is 2.50 bits per heavy atom. The molecule has 0 bridgehead atoms. The number of nitrogens with two attached hydrogens (primary N) is 1.